The number of hydrogen-bond acceptors (Lipinski definition) is 4. The van der Waals surface area contributed by atoms with Crippen molar-refractivity contribution in [3.05, 3.63) is 65.7 Å². The van der Waals surface area contributed by atoms with Gasteiger partial charge in [-0.2, -0.15) is 0 Å². The van der Waals surface area contributed by atoms with Crippen LogP contribution in [0.1, 0.15) is 32.8 Å². The molecule has 0 saturated carbocycles. The van der Waals surface area contributed by atoms with E-state index in [1.54, 1.807) is 31.2 Å². The molecule has 0 fully saturated rings. The average molecular weight is 496 g/mol. The van der Waals surface area contributed by atoms with Crippen LogP contribution in [0.3, 0.4) is 0 Å². The molecule has 0 saturated heterocycles. The van der Waals surface area contributed by atoms with Crippen LogP contribution >= 0.6 is 0 Å². The van der Waals surface area contributed by atoms with Gasteiger partial charge in [-0.15, -0.1) is 0 Å². The molecule has 0 aromatic heterocycles. The third kappa shape index (κ3) is 7.51. The molecule has 1 atom stereocenters. The van der Waals surface area contributed by atoms with Crippen LogP contribution in [-0.2, 0) is 26.2 Å². The summed E-state index contributed by atoms with van der Waals surface area (Å²) < 4.78 is 52.8. The number of hydrogen-bond donors (Lipinski definition) is 1. The number of sulfonamides is 1. The first-order chi connectivity index (χ1) is 15.9. The predicted octanol–water partition coefficient (Wildman–Crippen LogP) is 3.31. The van der Waals surface area contributed by atoms with Gasteiger partial charge in [-0.1, -0.05) is 51.1 Å². The van der Waals surface area contributed by atoms with E-state index in [0.717, 1.165) is 30.0 Å². The number of carbonyl (C=O) groups excluding carboxylic acids is 2. The Kier molecular flexibility index (Phi) is 9.55. The molecule has 186 valence electrons. The molecule has 2 amide bonds. The van der Waals surface area contributed by atoms with E-state index < -0.39 is 40.2 Å². The van der Waals surface area contributed by atoms with Gasteiger partial charge in [-0.3, -0.25) is 13.9 Å². The molecule has 7 nitrogen and oxygen atoms in total. The van der Waals surface area contributed by atoms with E-state index in [1.165, 1.54) is 4.90 Å². The average Bonchev–Trinajstić information content (AvgIpc) is 2.77. The topological polar surface area (TPSA) is 86.8 Å². The monoisotopic (exact) mass is 495 g/mol. The zero-order valence-corrected chi connectivity index (χ0v) is 20.6. The molecule has 0 bridgehead atoms. The van der Waals surface area contributed by atoms with Crippen LogP contribution in [0.25, 0.3) is 0 Å². The molecule has 2 aromatic carbocycles. The maximum atomic E-state index is 13.8. The third-order valence-electron chi connectivity index (χ3n) is 5.14. The van der Waals surface area contributed by atoms with Crippen molar-refractivity contribution in [2.24, 2.45) is 5.92 Å². The number of nitrogens with zero attached hydrogens (tertiary/aromatic N) is 2. The van der Waals surface area contributed by atoms with Crippen LogP contribution in [0.4, 0.5) is 14.5 Å². The lowest BCUT2D eigenvalue weighted by molar-refractivity contribution is -0.140. The van der Waals surface area contributed by atoms with E-state index in [2.05, 4.69) is 5.32 Å². The predicted molar refractivity (Wildman–Crippen MR) is 127 cm³/mol. The van der Waals surface area contributed by atoms with Gasteiger partial charge in [0.25, 0.3) is 0 Å². The van der Waals surface area contributed by atoms with E-state index in [0.29, 0.717) is 17.3 Å². The van der Waals surface area contributed by atoms with Crippen LogP contribution in [0.15, 0.2) is 48.5 Å². The molecule has 0 aliphatic carbocycles. The molecule has 10 heteroatoms. The summed E-state index contributed by atoms with van der Waals surface area (Å²) in [6.07, 6.45) is 1.17. The van der Waals surface area contributed by atoms with Crippen molar-refractivity contribution in [2.75, 3.05) is 23.7 Å². The molecule has 0 aliphatic rings. The van der Waals surface area contributed by atoms with Crippen molar-refractivity contribution >= 4 is 27.5 Å². The fourth-order valence-electron chi connectivity index (χ4n) is 3.38. The maximum Gasteiger partial charge on any atom is 0.244 e. The number of benzene rings is 2. The lowest BCUT2D eigenvalue weighted by Crippen LogP contribution is -2.52. The minimum atomic E-state index is -4.03. The van der Waals surface area contributed by atoms with Gasteiger partial charge in [0.05, 0.1) is 11.9 Å². The Morgan fingerprint density at radius 3 is 2.21 bits per heavy atom. The Morgan fingerprint density at radius 1 is 1.03 bits per heavy atom. The summed E-state index contributed by atoms with van der Waals surface area (Å²) in [6.45, 7) is 5.47. The van der Waals surface area contributed by atoms with Crippen molar-refractivity contribution in [3.63, 3.8) is 0 Å². The van der Waals surface area contributed by atoms with Gasteiger partial charge < -0.3 is 10.2 Å². The number of carbonyl (C=O) groups is 2. The molecular formula is C24H31F2N3O4S. The lowest BCUT2D eigenvalue weighted by Gasteiger charge is -2.33. The van der Waals surface area contributed by atoms with Gasteiger partial charge in [0.1, 0.15) is 12.6 Å². The summed E-state index contributed by atoms with van der Waals surface area (Å²) in [5.41, 5.74) is 0.566. The number of anilines is 1. The van der Waals surface area contributed by atoms with Gasteiger partial charge in [0.15, 0.2) is 11.6 Å². The van der Waals surface area contributed by atoms with Crippen LogP contribution in [0.2, 0.25) is 0 Å². The van der Waals surface area contributed by atoms with Crippen molar-refractivity contribution < 1.29 is 26.8 Å². The Hall–Kier alpha value is -3.01. The minimum absolute atomic E-state index is 0.0721. The summed E-state index contributed by atoms with van der Waals surface area (Å²) in [4.78, 5) is 27.7. The number of nitrogens with one attached hydrogen (secondary N) is 1. The van der Waals surface area contributed by atoms with E-state index in [4.69, 9.17) is 0 Å². The molecule has 34 heavy (non-hydrogen) atoms. The van der Waals surface area contributed by atoms with E-state index >= 15 is 0 Å². The highest BCUT2D eigenvalue weighted by atomic mass is 32.2. The van der Waals surface area contributed by atoms with Crippen LogP contribution < -0.4 is 9.62 Å². The molecule has 0 heterocycles. The Morgan fingerprint density at radius 2 is 1.68 bits per heavy atom. The molecule has 0 unspecified atom stereocenters. The van der Waals surface area contributed by atoms with Gasteiger partial charge in [0.2, 0.25) is 21.8 Å². The Bertz CT molecular complexity index is 1090. The second-order valence-electron chi connectivity index (χ2n) is 8.44. The molecule has 2 rings (SSSR count). The van der Waals surface area contributed by atoms with E-state index in [9.17, 15) is 26.8 Å². The lowest BCUT2D eigenvalue weighted by atomic mass is 10.1. The van der Waals surface area contributed by atoms with E-state index in [1.807, 2.05) is 19.9 Å². The zero-order valence-electron chi connectivity index (χ0n) is 19.8. The number of halogens is 2. The Balaban J connectivity index is 2.41. The fourth-order valence-corrected chi connectivity index (χ4v) is 4.22. The SMILES string of the molecule is CC[C@@H](C(=O)NCC(C)C)N(Cc1ccccc1)C(=O)CN(c1ccc(F)c(F)c1)S(C)(=O)=O. The highest BCUT2D eigenvalue weighted by Crippen LogP contribution is 2.22. The van der Waals surface area contributed by atoms with Crippen molar-refractivity contribution in [2.45, 2.75) is 39.8 Å². The fraction of sp³-hybridized carbons (Fsp3) is 0.417. The third-order valence-corrected chi connectivity index (χ3v) is 6.28. The van der Waals surface area contributed by atoms with Gasteiger partial charge in [-0.25, -0.2) is 17.2 Å². The number of amides is 2. The Labute approximate surface area is 199 Å². The standard InChI is InChI=1S/C24H31F2N3O4S/c1-5-22(24(31)27-14-17(2)3)28(15-18-9-7-6-8-10-18)23(30)16-29(34(4,32)33)19-11-12-20(25)21(26)13-19/h6-13,17,22H,5,14-16H2,1-4H3,(H,27,31)/t22-/m0/s1. The minimum Gasteiger partial charge on any atom is -0.354 e. The molecule has 0 radical (unpaired) electrons. The quantitative estimate of drug-likeness (QED) is 0.518. The molecule has 1 N–H and O–H groups in total. The van der Waals surface area contributed by atoms with Crippen molar-refractivity contribution in [1.29, 1.82) is 0 Å². The first kappa shape index (κ1) is 27.2. The highest BCUT2D eigenvalue weighted by Gasteiger charge is 2.32. The van der Waals surface area contributed by atoms with Crippen molar-refractivity contribution in [1.82, 2.24) is 10.2 Å². The largest absolute Gasteiger partial charge is 0.354 e. The normalized spacial score (nSPS) is 12.3. The first-order valence-corrected chi connectivity index (χ1v) is 12.8. The summed E-state index contributed by atoms with van der Waals surface area (Å²) in [5.74, 6) is -3.17. The van der Waals surface area contributed by atoms with Gasteiger partial charge in [-0.05, 0) is 30.0 Å². The second kappa shape index (κ2) is 11.9. The summed E-state index contributed by atoms with van der Waals surface area (Å²) in [7, 11) is -4.03. The summed E-state index contributed by atoms with van der Waals surface area (Å²) >= 11 is 0. The molecule has 0 spiro atoms. The summed E-state index contributed by atoms with van der Waals surface area (Å²) in [6, 6.07) is 10.7. The smallest absolute Gasteiger partial charge is 0.244 e. The summed E-state index contributed by atoms with van der Waals surface area (Å²) in [5, 5.41) is 2.83. The van der Waals surface area contributed by atoms with Gasteiger partial charge in [0, 0.05) is 19.2 Å². The first-order valence-electron chi connectivity index (χ1n) is 11.0. The van der Waals surface area contributed by atoms with E-state index in [-0.39, 0.29) is 24.1 Å². The second-order valence-corrected chi connectivity index (χ2v) is 10.3. The zero-order chi connectivity index (χ0) is 25.5. The number of rotatable bonds is 11. The van der Waals surface area contributed by atoms with Crippen LogP contribution in [-0.4, -0.2) is 50.5 Å². The molecule has 0 aliphatic heterocycles. The van der Waals surface area contributed by atoms with Gasteiger partial charge >= 0.3 is 0 Å². The van der Waals surface area contributed by atoms with Crippen molar-refractivity contribution in [3.8, 4) is 0 Å². The molecule has 2 aromatic rings. The van der Waals surface area contributed by atoms with Crippen LogP contribution in [0.5, 0.6) is 0 Å². The van der Waals surface area contributed by atoms with Crippen LogP contribution in [0, 0.1) is 17.6 Å². The maximum absolute atomic E-state index is 13.8. The molecular weight excluding hydrogens is 464 g/mol. The highest BCUT2D eigenvalue weighted by molar-refractivity contribution is 7.92.